The molecule has 0 aromatic carbocycles. The summed E-state index contributed by atoms with van der Waals surface area (Å²) in [4.78, 5) is 28.5. The fraction of sp³-hybridized carbons (Fsp3) is 0.714. The highest BCUT2D eigenvalue weighted by Gasteiger charge is 2.34. The molecule has 0 radical (unpaired) electrons. The number of aromatic hydroxyl groups is 1. The standard InChI is InChI=1S/C14H21N3O3/c1-2-11-12(18)15-14(20)17(13(11)19)10-5-7-16-6-3-4-9(16)8-10/h9-10,19H,2-8H2,1H3,(H,15,18,20). The summed E-state index contributed by atoms with van der Waals surface area (Å²) in [6.45, 7) is 3.91. The summed E-state index contributed by atoms with van der Waals surface area (Å²) < 4.78 is 1.40. The molecule has 1 aromatic heterocycles. The minimum Gasteiger partial charge on any atom is -0.494 e. The monoisotopic (exact) mass is 279 g/mol. The number of fused-ring (bicyclic) bond motifs is 1. The molecule has 2 aliphatic heterocycles. The lowest BCUT2D eigenvalue weighted by atomic mass is 9.97. The molecule has 0 spiro atoms. The van der Waals surface area contributed by atoms with E-state index >= 15 is 0 Å². The third-order valence-corrected chi connectivity index (χ3v) is 4.72. The first kappa shape index (κ1) is 13.4. The minimum atomic E-state index is -0.485. The minimum absolute atomic E-state index is 0.0102. The Kier molecular flexibility index (Phi) is 3.41. The zero-order valence-electron chi connectivity index (χ0n) is 11.8. The van der Waals surface area contributed by atoms with Crippen molar-refractivity contribution in [1.82, 2.24) is 14.5 Å². The van der Waals surface area contributed by atoms with Crippen molar-refractivity contribution in [1.29, 1.82) is 0 Å². The second kappa shape index (κ2) is 5.09. The predicted octanol–water partition coefficient (Wildman–Crippen LogP) is 0.604. The molecule has 0 aliphatic carbocycles. The zero-order chi connectivity index (χ0) is 14.3. The summed E-state index contributed by atoms with van der Waals surface area (Å²) in [6.07, 6.45) is 4.52. The smallest absolute Gasteiger partial charge is 0.331 e. The van der Waals surface area contributed by atoms with Crippen LogP contribution in [0.2, 0.25) is 0 Å². The molecule has 20 heavy (non-hydrogen) atoms. The highest BCUT2D eigenvalue weighted by atomic mass is 16.3. The van der Waals surface area contributed by atoms with Gasteiger partial charge in [0.25, 0.3) is 5.56 Å². The van der Waals surface area contributed by atoms with Crippen LogP contribution in [-0.4, -0.2) is 38.7 Å². The van der Waals surface area contributed by atoms with Crippen LogP contribution in [0.3, 0.4) is 0 Å². The molecule has 6 heteroatoms. The lowest BCUT2D eigenvalue weighted by Crippen LogP contribution is -2.42. The number of aromatic amines is 1. The van der Waals surface area contributed by atoms with Gasteiger partial charge in [-0.1, -0.05) is 6.92 Å². The number of hydrogen-bond acceptors (Lipinski definition) is 4. The molecular formula is C14H21N3O3. The molecule has 0 amide bonds. The van der Waals surface area contributed by atoms with E-state index in [0.717, 1.165) is 32.4 Å². The van der Waals surface area contributed by atoms with Crippen LogP contribution in [0.5, 0.6) is 5.88 Å². The Morgan fingerprint density at radius 1 is 1.25 bits per heavy atom. The van der Waals surface area contributed by atoms with E-state index in [1.807, 2.05) is 0 Å². The van der Waals surface area contributed by atoms with E-state index in [-0.39, 0.29) is 11.9 Å². The molecular weight excluding hydrogens is 258 g/mol. The molecule has 3 heterocycles. The average Bonchev–Trinajstić information content (AvgIpc) is 2.86. The Hall–Kier alpha value is -1.56. The van der Waals surface area contributed by atoms with Gasteiger partial charge in [-0.2, -0.15) is 0 Å². The van der Waals surface area contributed by atoms with Crippen molar-refractivity contribution in [3.05, 3.63) is 26.4 Å². The molecule has 2 aliphatic rings. The van der Waals surface area contributed by atoms with Gasteiger partial charge in [0.2, 0.25) is 5.88 Å². The fourth-order valence-corrected chi connectivity index (χ4v) is 3.67. The molecule has 0 saturated carbocycles. The van der Waals surface area contributed by atoms with Gasteiger partial charge in [-0.3, -0.25) is 14.3 Å². The maximum Gasteiger partial charge on any atom is 0.331 e. The van der Waals surface area contributed by atoms with Crippen molar-refractivity contribution < 1.29 is 5.11 Å². The topological polar surface area (TPSA) is 78.3 Å². The molecule has 2 N–H and O–H groups in total. The third kappa shape index (κ3) is 2.08. The SMILES string of the molecule is CCc1c(O)n(C2CCN3CCCC3C2)c(=O)[nH]c1=O. The molecule has 110 valence electrons. The maximum absolute atomic E-state index is 12.1. The van der Waals surface area contributed by atoms with Crippen molar-refractivity contribution in [2.24, 2.45) is 0 Å². The van der Waals surface area contributed by atoms with Crippen molar-refractivity contribution in [2.75, 3.05) is 13.1 Å². The number of aromatic nitrogens is 2. The number of nitrogens with one attached hydrogen (secondary N) is 1. The summed E-state index contributed by atoms with van der Waals surface area (Å²) in [6, 6.07) is 0.501. The highest BCUT2D eigenvalue weighted by Crippen LogP contribution is 2.34. The number of piperidine rings is 1. The van der Waals surface area contributed by atoms with Crippen LogP contribution >= 0.6 is 0 Å². The van der Waals surface area contributed by atoms with E-state index in [1.54, 1.807) is 6.92 Å². The zero-order valence-corrected chi connectivity index (χ0v) is 11.8. The van der Waals surface area contributed by atoms with Crippen molar-refractivity contribution in [3.63, 3.8) is 0 Å². The Bertz CT molecular complexity index is 619. The average molecular weight is 279 g/mol. The highest BCUT2D eigenvalue weighted by molar-refractivity contribution is 5.23. The number of nitrogens with zero attached hydrogens (tertiary/aromatic N) is 2. The predicted molar refractivity (Wildman–Crippen MR) is 75.2 cm³/mol. The van der Waals surface area contributed by atoms with Crippen LogP contribution in [0.25, 0.3) is 0 Å². The lowest BCUT2D eigenvalue weighted by Gasteiger charge is -2.35. The van der Waals surface area contributed by atoms with Crippen LogP contribution in [0.15, 0.2) is 9.59 Å². The Morgan fingerprint density at radius 2 is 2.05 bits per heavy atom. The van der Waals surface area contributed by atoms with E-state index in [4.69, 9.17) is 0 Å². The molecule has 0 bridgehead atoms. The Labute approximate surface area is 117 Å². The van der Waals surface area contributed by atoms with Gasteiger partial charge < -0.3 is 10.0 Å². The molecule has 2 fully saturated rings. The summed E-state index contributed by atoms with van der Waals surface area (Å²) in [7, 11) is 0. The van der Waals surface area contributed by atoms with Crippen LogP contribution in [0, 0.1) is 0 Å². The van der Waals surface area contributed by atoms with Crippen molar-refractivity contribution in [2.45, 2.75) is 51.1 Å². The summed E-state index contributed by atoms with van der Waals surface area (Å²) in [5.74, 6) is -0.141. The van der Waals surface area contributed by atoms with Crippen molar-refractivity contribution >= 4 is 0 Å². The van der Waals surface area contributed by atoms with Crippen molar-refractivity contribution in [3.8, 4) is 5.88 Å². The molecule has 3 rings (SSSR count). The molecule has 2 unspecified atom stereocenters. The molecule has 2 atom stereocenters. The van der Waals surface area contributed by atoms with Crippen LogP contribution in [0.1, 0.15) is 44.2 Å². The number of H-pyrrole nitrogens is 1. The van der Waals surface area contributed by atoms with E-state index in [0.29, 0.717) is 18.0 Å². The second-order valence-corrected chi connectivity index (χ2v) is 5.80. The lowest BCUT2D eigenvalue weighted by molar-refractivity contribution is 0.147. The first-order valence-electron chi connectivity index (χ1n) is 7.42. The second-order valence-electron chi connectivity index (χ2n) is 5.80. The maximum atomic E-state index is 12.1. The van der Waals surface area contributed by atoms with Crippen LogP contribution < -0.4 is 11.2 Å². The van der Waals surface area contributed by atoms with E-state index in [9.17, 15) is 14.7 Å². The van der Waals surface area contributed by atoms with Crippen LogP contribution in [0.4, 0.5) is 0 Å². The fourth-order valence-electron chi connectivity index (χ4n) is 3.67. The number of hydrogen-bond donors (Lipinski definition) is 2. The third-order valence-electron chi connectivity index (χ3n) is 4.72. The first-order valence-corrected chi connectivity index (χ1v) is 7.42. The summed E-state index contributed by atoms with van der Waals surface area (Å²) in [5, 5.41) is 10.3. The van der Waals surface area contributed by atoms with Gasteiger partial charge in [-0.25, -0.2) is 4.79 Å². The Balaban J connectivity index is 1.98. The molecule has 1 aromatic rings. The summed E-state index contributed by atoms with van der Waals surface area (Å²) >= 11 is 0. The van der Waals surface area contributed by atoms with Gasteiger partial charge in [0.15, 0.2) is 0 Å². The quantitative estimate of drug-likeness (QED) is 0.831. The van der Waals surface area contributed by atoms with E-state index < -0.39 is 11.2 Å². The van der Waals surface area contributed by atoms with Crippen LogP contribution in [-0.2, 0) is 6.42 Å². The number of rotatable bonds is 2. The molecule has 2 saturated heterocycles. The summed E-state index contributed by atoms with van der Waals surface area (Å²) in [5.41, 5.74) is -0.649. The first-order chi connectivity index (χ1) is 9.61. The van der Waals surface area contributed by atoms with Gasteiger partial charge in [0.1, 0.15) is 0 Å². The van der Waals surface area contributed by atoms with Gasteiger partial charge in [-0.05, 0) is 38.6 Å². The van der Waals surface area contributed by atoms with Gasteiger partial charge in [0.05, 0.1) is 5.56 Å². The molecule has 6 nitrogen and oxygen atoms in total. The van der Waals surface area contributed by atoms with E-state index in [2.05, 4.69) is 9.88 Å². The van der Waals surface area contributed by atoms with Gasteiger partial charge >= 0.3 is 5.69 Å². The normalized spacial score (nSPS) is 26.6. The van der Waals surface area contributed by atoms with Gasteiger partial charge in [-0.15, -0.1) is 0 Å². The largest absolute Gasteiger partial charge is 0.494 e. The van der Waals surface area contributed by atoms with Gasteiger partial charge in [0, 0.05) is 18.6 Å². The van der Waals surface area contributed by atoms with E-state index in [1.165, 1.54) is 11.0 Å². The Morgan fingerprint density at radius 3 is 2.80 bits per heavy atom.